The van der Waals surface area contributed by atoms with Gasteiger partial charge in [0, 0.05) is 56.2 Å². The Morgan fingerprint density at radius 2 is 1.20 bits per heavy atom. The zero-order chi connectivity index (χ0) is 47.8. The van der Waals surface area contributed by atoms with Crippen LogP contribution in [0.25, 0.3) is 106 Å². The summed E-state index contributed by atoms with van der Waals surface area (Å²) in [4.78, 5) is 24.0. The second-order valence-electron chi connectivity index (χ2n) is 12.2. The Hall–Kier alpha value is -7.51. The first-order valence-corrected chi connectivity index (χ1v) is 16.7. The molecular formula is C47H28N6O. The summed E-state index contributed by atoms with van der Waals surface area (Å²) >= 11 is 0. The molecule has 0 saturated carbocycles. The van der Waals surface area contributed by atoms with Crippen molar-refractivity contribution in [3.05, 3.63) is 170 Å². The van der Waals surface area contributed by atoms with Gasteiger partial charge in [0.2, 0.25) is 0 Å². The number of furan rings is 1. The standard InChI is InChI=1S/C47H28N6O/c1-5-22-39-32(14-1)33-15-2-6-23-40(33)53(39)41-24-7-3-17-36(41)46-50-45(51-47(52-46)37-20-11-21-38-43(37)49-27-26-48-38)30-13-9-12-29(28-30)31-18-10-19-35-34-16-4-8-25-42(34)54-44(31)35/h1-28H/i1D,2D,4D,5D,8D,10D,14D,15D,16D,18D,19D,22D,23D,25D. The molecule has 0 amide bonds. The minimum atomic E-state index is -0.542. The highest BCUT2D eigenvalue weighted by Crippen LogP contribution is 2.39. The van der Waals surface area contributed by atoms with Crippen LogP contribution < -0.4 is 0 Å². The fourth-order valence-corrected chi connectivity index (χ4v) is 6.83. The van der Waals surface area contributed by atoms with Gasteiger partial charge in [0.25, 0.3) is 0 Å². The Kier molecular flexibility index (Phi) is 4.32. The second-order valence-corrected chi connectivity index (χ2v) is 12.2. The number of benzene rings is 7. The van der Waals surface area contributed by atoms with Crippen LogP contribution in [0.3, 0.4) is 0 Å². The molecule has 7 nitrogen and oxygen atoms in total. The van der Waals surface area contributed by atoms with E-state index >= 15 is 0 Å². The molecule has 11 rings (SSSR count). The predicted molar refractivity (Wildman–Crippen MR) is 216 cm³/mol. The molecule has 0 aliphatic heterocycles. The Bertz CT molecular complexity index is 4060. The lowest BCUT2D eigenvalue weighted by molar-refractivity contribution is 0.670. The molecular weight excluding hydrogens is 665 g/mol. The number of rotatable bonds is 5. The van der Waals surface area contributed by atoms with Crippen LogP contribution >= 0.6 is 0 Å². The predicted octanol–water partition coefficient (Wildman–Crippen LogP) is 11.5. The molecule has 4 heterocycles. The van der Waals surface area contributed by atoms with E-state index in [4.69, 9.17) is 38.6 Å². The van der Waals surface area contributed by atoms with Crippen molar-refractivity contribution in [1.82, 2.24) is 29.5 Å². The monoisotopic (exact) mass is 706 g/mol. The highest BCUT2D eigenvalue weighted by Gasteiger charge is 2.20. The lowest BCUT2D eigenvalue weighted by Crippen LogP contribution is -2.04. The molecule has 0 spiro atoms. The van der Waals surface area contributed by atoms with E-state index in [0.29, 0.717) is 33.3 Å². The first-order chi connectivity index (χ1) is 32.6. The molecule has 0 atom stereocenters. The van der Waals surface area contributed by atoms with Gasteiger partial charge in [0.1, 0.15) is 11.2 Å². The van der Waals surface area contributed by atoms with Crippen molar-refractivity contribution < 1.29 is 23.6 Å². The van der Waals surface area contributed by atoms with E-state index in [-0.39, 0.29) is 96.6 Å². The third-order valence-corrected chi connectivity index (χ3v) is 9.19. The molecule has 7 aromatic carbocycles. The Morgan fingerprint density at radius 1 is 0.500 bits per heavy atom. The number of hydrogen-bond donors (Lipinski definition) is 0. The van der Waals surface area contributed by atoms with Gasteiger partial charge in [0.05, 0.1) is 46.9 Å². The average Bonchev–Trinajstić information content (AvgIpc) is 3.93. The van der Waals surface area contributed by atoms with E-state index in [1.54, 1.807) is 72.9 Å². The number of aromatic nitrogens is 6. The van der Waals surface area contributed by atoms with Crippen LogP contribution in [0.1, 0.15) is 19.2 Å². The van der Waals surface area contributed by atoms with Gasteiger partial charge in [-0.2, -0.15) is 0 Å². The van der Waals surface area contributed by atoms with Crippen molar-refractivity contribution >= 4 is 54.8 Å². The van der Waals surface area contributed by atoms with Gasteiger partial charge in [-0.1, -0.05) is 109 Å². The van der Waals surface area contributed by atoms with Crippen LogP contribution in [0.4, 0.5) is 0 Å². The van der Waals surface area contributed by atoms with Gasteiger partial charge >= 0.3 is 0 Å². The van der Waals surface area contributed by atoms with Crippen molar-refractivity contribution in [3.63, 3.8) is 0 Å². The maximum absolute atomic E-state index is 9.13. The van der Waals surface area contributed by atoms with Crippen molar-refractivity contribution in [2.45, 2.75) is 0 Å². The third-order valence-electron chi connectivity index (χ3n) is 9.19. The highest BCUT2D eigenvalue weighted by molar-refractivity contribution is 6.10. The van der Waals surface area contributed by atoms with E-state index in [0.717, 1.165) is 0 Å². The number of nitrogens with zero attached hydrogens (tertiary/aromatic N) is 6. The Labute approximate surface area is 328 Å². The first-order valence-electron chi connectivity index (χ1n) is 23.7. The minimum Gasteiger partial charge on any atom is -0.455 e. The van der Waals surface area contributed by atoms with Crippen molar-refractivity contribution in [2.24, 2.45) is 0 Å². The molecule has 11 aromatic rings. The van der Waals surface area contributed by atoms with E-state index in [1.807, 2.05) is 0 Å². The quantitative estimate of drug-likeness (QED) is 0.177. The Balaban J connectivity index is 1.20. The molecule has 0 aliphatic carbocycles. The smallest absolute Gasteiger partial charge is 0.166 e. The highest BCUT2D eigenvalue weighted by atomic mass is 16.3. The normalized spacial score (nSPS) is 15.3. The molecule has 0 unspecified atom stereocenters. The second kappa shape index (κ2) is 12.0. The van der Waals surface area contributed by atoms with Crippen molar-refractivity contribution in [2.75, 3.05) is 0 Å². The summed E-state index contributed by atoms with van der Waals surface area (Å²) in [6.45, 7) is 0. The van der Waals surface area contributed by atoms with Gasteiger partial charge in [-0.15, -0.1) is 0 Å². The molecule has 0 radical (unpaired) electrons. The summed E-state index contributed by atoms with van der Waals surface area (Å²) < 4.78 is 130. The molecule has 4 aromatic heterocycles. The van der Waals surface area contributed by atoms with Crippen LogP contribution in [0, 0.1) is 0 Å². The van der Waals surface area contributed by atoms with E-state index in [2.05, 4.69) is 9.97 Å². The zero-order valence-corrected chi connectivity index (χ0v) is 27.7. The molecule has 0 N–H and O–H groups in total. The lowest BCUT2D eigenvalue weighted by atomic mass is 10.00. The topological polar surface area (TPSA) is 82.5 Å². The minimum absolute atomic E-state index is 0.00208. The van der Waals surface area contributed by atoms with Gasteiger partial charge in [-0.3, -0.25) is 9.97 Å². The van der Waals surface area contributed by atoms with Gasteiger partial charge in [-0.05, 0) is 54.0 Å². The summed E-state index contributed by atoms with van der Waals surface area (Å²) in [5.74, 6) is 0.300. The molecule has 0 bridgehead atoms. The van der Waals surface area contributed by atoms with Gasteiger partial charge in [0.15, 0.2) is 17.5 Å². The van der Waals surface area contributed by atoms with Crippen molar-refractivity contribution in [1.29, 1.82) is 0 Å². The molecule has 0 fully saturated rings. The SMILES string of the molecule is [2H]c1cc([2H])c2c(c1[2H])c1c([2H])c([2H])c([2H])c([2H])c1n2-c1ccccc1-c1nc(-c2cccc(-c3c([2H])c([2H])c([2H])c4c3oc3c([2H])c([2H])c([2H])c([2H])c34)c2)nc(-c2cccc3nccnc23)n1. The Morgan fingerprint density at radius 3 is 2.15 bits per heavy atom. The summed E-state index contributed by atoms with van der Waals surface area (Å²) in [5, 5.41) is -0.159. The maximum atomic E-state index is 9.13. The van der Waals surface area contributed by atoms with Gasteiger partial charge < -0.3 is 8.98 Å². The summed E-state index contributed by atoms with van der Waals surface area (Å²) in [6, 6.07) is 13.8. The van der Waals surface area contributed by atoms with E-state index in [1.165, 1.54) is 16.8 Å². The number of hydrogen-bond acceptors (Lipinski definition) is 6. The van der Waals surface area contributed by atoms with E-state index in [9.17, 15) is 0 Å². The summed E-state index contributed by atoms with van der Waals surface area (Å²) in [6.07, 6.45) is 3.08. The molecule has 7 heteroatoms. The molecule has 0 aliphatic rings. The first kappa shape index (κ1) is 19.4. The molecule has 54 heavy (non-hydrogen) atoms. The van der Waals surface area contributed by atoms with Crippen LogP contribution in [0.5, 0.6) is 0 Å². The van der Waals surface area contributed by atoms with Crippen LogP contribution in [-0.2, 0) is 0 Å². The average molecular weight is 707 g/mol. The van der Waals surface area contributed by atoms with E-state index < -0.39 is 60.4 Å². The maximum Gasteiger partial charge on any atom is 0.166 e. The fraction of sp³-hybridized carbons (Fsp3) is 0. The van der Waals surface area contributed by atoms with Crippen molar-refractivity contribution in [3.8, 4) is 51.0 Å². The molecule has 0 saturated heterocycles. The van der Waals surface area contributed by atoms with Gasteiger partial charge in [-0.25, -0.2) is 15.0 Å². The fourth-order valence-electron chi connectivity index (χ4n) is 6.83. The van der Waals surface area contributed by atoms with Crippen LogP contribution in [0.2, 0.25) is 0 Å². The summed E-state index contributed by atoms with van der Waals surface area (Å²) in [5.41, 5.74) is 2.52. The van der Waals surface area contributed by atoms with Crippen LogP contribution in [0.15, 0.2) is 174 Å². The summed E-state index contributed by atoms with van der Waals surface area (Å²) in [7, 11) is 0. The zero-order valence-electron chi connectivity index (χ0n) is 41.7. The largest absolute Gasteiger partial charge is 0.455 e. The molecule has 252 valence electrons. The number of fused-ring (bicyclic) bond motifs is 7. The lowest BCUT2D eigenvalue weighted by Gasteiger charge is -2.15. The van der Waals surface area contributed by atoms with Crippen LogP contribution in [-0.4, -0.2) is 29.5 Å². The third kappa shape index (κ3) is 4.72. The number of para-hydroxylation sites is 6.